The smallest absolute Gasteiger partial charge is 0.249 e. The molecule has 1 fully saturated rings. The molecule has 0 spiro atoms. The molecular weight excluding hydrogens is 268 g/mol. The van der Waals surface area contributed by atoms with Crippen LogP contribution in [0.15, 0.2) is 28.7 Å². The van der Waals surface area contributed by atoms with Crippen LogP contribution in [-0.4, -0.2) is 29.2 Å². The van der Waals surface area contributed by atoms with Gasteiger partial charge in [-0.1, -0.05) is 12.1 Å². The number of nitrogens with zero attached hydrogens (tertiary/aromatic N) is 2. The van der Waals surface area contributed by atoms with Crippen LogP contribution in [0.5, 0.6) is 0 Å². The van der Waals surface area contributed by atoms with Gasteiger partial charge >= 0.3 is 0 Å². The molecular formula is C15H18N4O2. The van der Waals surface area contributed by atoms with Gasteiger partial charge in [0.05, 0.1) is 17.2 Å². The van der Waals surface area contributed by atoms with Gasteiger partial charge in [0.15, 0.2) is 0 Å². The number of piperidine rings is 1. The second-order valence-corrected chi connectivity index (χ2v) is 5.20. The summed E-state index contributed by atoms with van der Waals surface area (Å²) in [5.41, 5.74) is 1.45. The highest BCUT2D eigenvalue weighted by atomic mass is 16.4. The highest BCUT2D eigenvalue weighted by Crippen LogP contribution is 2.27. The molecule has 0 aliphatic carbocycles. The molecule has 6 nitrogen and oxygen atoms in total. The van der Waals surface area contributed by atoms with Crippen molar-refractivity contribution < 1.29 is 9.21 Å². The Balaban J connectivity index is 1.80. The SMILES string of the molecule is Cc1nnc(-c2ccccc2NC(=O)[C@@H]2CCCNC2)o1. The number of hydrogen-bond acceptors (Lipinski definition) is 5. The molecule has 21 heavy (non-hydrogen) atoms. The van der Waals surface area contributed by atoms with E-state index in [0.717, 1.165) is 31.5 Å². The average Bonchev–Trinajstić information content (AvgIpc) is 2.95. The lowest BCUT2D eigenvalue weighted by molar-refractivity contribution is -0.120. The predicted octanol–water partition coefficient (Wildman–Crippen LogP) is 1.98. The number of rotatable bonds is 3. The fourth-order valence-corrected chi connectivity index (χ4v) is 2.49. The topological polar surface area (TPSA) is 80.0 Å². The van der Waals surface area contributed by atoms with Gasteiger partial charge in [0.1, 0.15) is 0 Å². The van der Waals surface area contributed by atoms with E-state index in [1.54, 1.807) is 6.92 Å². The summed E-state index contributed by atoms with van der Waals surface area (Å²) < 4.78 is 5.45. The fourth-order valence-electron chi connectivity index (χ4n) is 2.49. The summed E-state index contributed by atoms with van der Waals surface area (Å²) in [5.74, 6) is 0.967. The minimum atomic E-state index is 0.0104. The van der Waals surface area contributed by atoms with E-state index < -0.39 is 0 Å². The summed E-state index contributed by atoms with van der Waals surface area (Å²) in [5, 5.41) is 14.1. The largest absolute Gasteiger partial charge is 0.421 e. The van der Waals surface area contributed by atoms with Crippen LogP contribution in [-0.2, 0) is 4.79 Å². The van der Waals surface area contributed by atoms with Crippen molar-refractivity contribution in [3.05, 3.63) is 30.2 Å². The molecule has 2 N–H and O–H groups in total. The third kappa shape index (κ3) is 3.11. The summed E-state index contributed by atoms with van der Waals surface area (Å²) in [4.78, 5) is 12.3. The van der Waals surface area contributed by atoms with Crippen molar-refractivity contribution in [2.45, 2.75) is 19.8 Å². The zero-order valence-corrected chi connectivity index (χ0v) is 11.9. The molecule has 1 aromatic carbocycles. The zero-order valence-electron chi connectivity index (χ0n) is 11.9. The van der Waals surface area contributed by atoms with E-state index in [4.69, 9.17) is 4.42 Å². The van der Waals surface area contributed by atoms with Crippen molar-refractivity contribution >= 4 is 11.6 Å². The second-order valence-electron chi connectivity index (χ2n) is 5.20. The number of aryl methyl sites for hydroxylation is 1. The Morgan fingerprint density at radius 2 is 2.24 bits per heavy atom. The van der Waals surface area contributed by atoms with Crippen molar-refractivity contribution in [1.29, 1.82) is 0 Å². The Bertz CT molecular complexity index is 632. The van der Waals surface area contributed by atoms with E-state index in [9.17, 15) is 4.79 Å². The lowest BCUT2D eigenvalue weighted by Gasteiger charge is -2.22. The third-order valence-electron chi connectivity index (χ3n) is 3.61. The van der Waals surface area contributed by atoms with Crippen molar-refractivity contribution in [2.24, 2.45) is 5.92 Å². The van der Waals surface area contributed by atoms with E-state index in [0.29, 0.717) is 17.5 Å². The molecule has 0 unspecified atom stereocenters. The van der Waals surface area contributed by atoms with Crippen LogP contribution in [0, 0.1) is 12.8 Å². The van der Waals surface area contributed by atoms with Crippen LogP contribution in [0.3, 0.4) is 0 Å². The first-order valence-corrected chi connectivity index (χ1v) is 7.15. The number of amides is 1. The summed E-state index contributed by atoms with van der Waals surface area (Å²) in [6.07, 6.45) is 1.95. The number of benzene rings is 1. The lowest BCUT2D eigenvalue weighted by Crippen LogP contribution is -2.37. The molecule has 6 heteroatoms. The van der Waals surface area contributed by atoms with Gasteiger partial charge in [-0.05, 0) is 31.5 Å². The molecule has 1 saturated heterocycles. The molecule has 2 heterocycles. The Morgan fingerprint density at radius 3 is 2.95 bits per heavy atom. The number of hydrogen-bond donors (Lipinski definition) is 2. The normalized spacial score (nSPS) is 18.4. The first-order valence-electron chi connectivity index (χ1n) is 7.15. The maximum atomic E-state index is 12.3. The van der Waals surface area contributed by atoms with Crippen LogP contribution in [0.1, 0.15) is 18.7 Å². The van der Waals surface area contributed by atoms with Gasteiger partial charge in [-0.15, -0.1) is 10.2 Å². The maximum Gasteiger partial charge on any atom is 0.249 e. The molecule has 2 aromatic rings. The van der Waals surface area contributed by atoms with Crippen LogP contribution in [0.2, 0.25) is 0 Å². The van der Waals surface area contributed by atoms with E-state index in [-0.39, 0.29) is 11.8 Å². The number of carbonyl (C=O) groups excluding carboxylic acids is 1. The molecule has 0 radical (unpaired) electrons. The lowest BCUT2D eigenvalue weighted by atomic mass is 9.98. The van der Waals surface area contributed by atoms with Crippen LogP contribution in [0.25, 0.3) is 11.5 Å². The fraction of sp³-hybridized carbons (Fsp3) is 0.400. The van der Waals surface area contributed by atoms with Crippen LogP contribution < -0.4 is 10.6 Å². The number of para-hydroxylation sites is 1. The summed E-state index contributed by atoms with van der Waals surface area (Å²) >= 11 is 0. The maximum absolute atomic E-state index is 12.3. The quantitative estimate of drug-likeness (QED) is 0.902. The Hall–Kier alpha value is -2.21. The standard InChI is InChI=1S/C15H18N4O2/c1-10-18-19-15(21-10)12-6-2-3-7-13(12)17-14(20)11-5-4-8-16-9-11/h2-3,6-7,11,16H,4-5,8-9H2,1H3,(H,17,20)/t11-/m1/s1. The van der Waals surface area contributed by atoms with Crippen molar-refractivity contribution in [2.75, 3.05) is 18.4 Å². The Kier molecular flexibility index (Phi) is 3.96. The minimum Gasteiger partial charge on any atom is -0.421 e. The van der Waals surface area contributed by atoms with E-state index in [1.807, 2.05) is 24.3 Å². The van der Waals surface area contributed by atoms with Gasteiger partial charge in [-0.3, -0.25) is 4.79 Å². The van der Waals surface area contributed by atoms with Gasteiger partial charge in [0, 0.05) is 13.5 Å². The highest BCUT2D eigenvalue weighted by Gasteiger charge is 2.22. The zero-order chi connectivity index (χ0) is 14.7. The number of anilines is 1. The molecule has 1 aromatic heterocycles. The van der Waals surface area contributed by atoms with Crippen LogP contribution >= 0.6 is 0 Å². The first kappa shape index (κ1) is 13.8. The minimum absolute atomic E-state index is 0.0104. The molecule has 3 rings (SSSR count). The monoisotopic (exact) mass is 286 g/mol. The molecule has 1 aliphatic rings. The molecule has 0 saturated carbocycles. The van der Waals surface area contributed by atoms with Gasteiger partial charge in [0.25, 0.3) is 0 Å². The third-order valence-corrected chi connectivity index (χ3v) is 3.61. The van der Waals surface area contributed by atoms with Crippen LogP contribution in [0.4, 0.5) is 5.69 Å². The summed E-state index contributed by atoms with van der Waals surface area (Å²) in [6.45, 7) is 3.46. The van der Waals surface area contributed by atoms with Gasteiger partial charge in [-0.25, -0.2) is 0 Å². The van der Waals surface area contributed by atoms with Crippen molar-refractivity contribution in [3.63, 3.8) is 0 Å². The molecule has 1 amide bonds. The van der Waals surface area contributed by atoms with Gasteiger partial charge < -0.3 is 15.1 Å². The molecule has 1 aliphatic heterocycles. The van der Waals surface area contributed by atoms with E-state index in [2.05, 4.69) is 20.8 Å². The van der Waals surface area contributed by atoms with Crippen molar-refractivity contribution in [3.8, 4) is 11.5 Å². The number of nitrogens with one attached hydrogen (secondary N) is 2. The molecule has 1 atom stereocenters. The van der Waals surface area contributed by atoms with E-state index in [1.165, 1.54) is 0 Å². The first-order chi connectivity index (χ1) is 10.2. The molecule has 0 bridgehead atoms. The van der Waals surface area contributed by atoms with Crippen molar-refractivity contribution in [1.82, 2.24) is 15.5 Å². The highest BCUT2D eigenvalue weighted by molar-refractivity contribution is 5.96. The van der Waals surface area contributed by atoms with Gasteiger partial charge in [-0.2, -0.15) is 0 Å². The Labute approximate surface area is 123 Å². The summed E-state index contributed by atoms with van der Waals surface area (Å²) in [6, 6.07) is 7.47. The van der Waals surface area contributed by atoms with E-state index >= 15 is 0 Å². The van der Waals surface area contributed by atoms with Gasteiger partial charge in [0.2, 0.25) is 17.7 Å². The number of carbonyl (C=O) groups is 1. The summed E-state index contributed by atoms with van der Waals surface area (Å²) in [7, 11) is 0. The number of aromatic nitrogens is 2. The predicted molar refractivity (Wildman–Crippen MR) is 78.7 cm³/mol. The molecule has 110 valence electrons. The second kappa shape index (κ2) is 6.05. The Morgan fingerprint density at radius 1 is 1.38 bits per heavy atom. The average molecular weight is 286 g/mol.